The van der Waals surface area contributed by atoms with Crippen molar-refractivity contribution in [1.29, 1.82) is 0 Å². The lowest BCUT2D eigenvalue weighted by atomic mass is 10.2. The number of aromatic amines is 1. The Bertz CT molecular complexity index is 1020. The van der Waals surface area contributed by atoms with Gasteiger partial charge in [0.25, 0.3) is 0 Å². The van der Waals surface area contributed by atoms with E-state index in [0.717, 1.165) is 34.8 Å². The summed E-state index contributed by atoms with van der Waals surface area (Å²) in [6.07, 6.45) is 7.36. The lowest BCUT2D eigenvalue weighted by Crippen LogP contribution is -2.08. The van der Waals surface area contributed by atoms with E-state index in [4.69, 9.17) is 5.73 Å². The van der Waals surface area contributed by atoms with Gasteiger partial charge in [0, 0.05) is 18.3 Å². The zero-order chi connectivity index (χ0) is 18.6. The Kier molecular flexibility index (Phi) is 4.80. The molecule has 1 fully saturated rings. The minimum Gasteiger partial charge on any atom is -0.384 e. The van der Waals surface area contributed by atoms with Gasteiger partial charge in [-0.1, -0.05) is 6.07 Å². The fourth-order valence-corrected chi connectivity index (χ4v) is 2.96. The van der Waals surface area contributed by atoms with Crippen molar-refractivity contribution in [2.24, 2.45) is 0 Å². The van der Waals surface area contributed by atoms with E-state index in [9.17, 15) is 4.39 Å². The molecular weight excluding hydrogens is 345 g/mol. The molecule has 8 heteroatoms. The molecule has 27 heavy (non-hydrogen) atoms. The van der Waals surface area contributed by atoms with Crippen LogP contribution < -0.4 is 11.1 Å². The van der Waals surface area contributed by atoms with E-state index in [-0.39, 0.29) is 0 Å². The third-order valence-electron chi connectivity index (χ3n) is 4.36. The maximum atomic E-state index is 11.9. The predicted octanol–water partition coefficient (Wildman–Crippen LogP) is 2.69. The van der Waals surface area contributed by atoms with E-state index in [0.29, 0.717) is 18.8 Å². The number of fused-ring (bicyclic) bond motifs is 1. The third-order valence-corrected chi connectivity index (χ3v) is 4.36. The van der Waals surface area contributed by atoms with Crippen molar-refractivity contribution < 1.29 is 4.39 Å². The number of nitrogens with one attached hydrogen (secondary N) is 2. The van der Waals surface area contributed by atoms with Crippen molar-refractivity contribution >= 4 is 11.5 Å². The first-order chi connectivity index (χ1) is 13.2. The highest BCUT2D eigenvalue weighted by molar-refractivity contribution is 5.67. The first-order valence-corrected chi connectivity index (χ1v) is 8.74. The summed E-state index contributed by atoms with van der Waals surface area (Å²) >= 11 is 0. The number of nitrogens with zero attached hydrogens (tertiary/aromatic N) is 4. The van der Waals surface area contributed by atoms with Crippen LogP contribution in [0.2, 0.25) is 0 Å². The molecule has 0 aromatic carbocycles. The maximum absolute atomic E-state index is 11.9. The second-order valence-corrected chi connectivity index (χ2v) is 6.29. The summed E-state index contributed by atoms with van der Waals surface area (Å²) in [6.45, 7) is 1.43. The molecule has 0 saturated carbocycles. The lowest BCUT2D eigenvalue weighted by Gasteiger charge is -2.03. The van der Waals surface area contributed by atoms with Gasteiger partial charge in [-0.2, -0.15) is 0 Å². The fourth-order valence-electron chi connectivity index (χ4n) is 2.96. The summed E-state index contributed by atoms with van der Waals surface area (Å²) in [5, 5.41) is 2.90. The molecule has 0 amide bonds. The van der Waals surface area contributed by atoms with Gasteiger partial charge in [0.15, 0.2) is 0 Å². The topological polar surface area (TPSA) is 96.9 Å². The quantitative estimate of drug-likeness (QED) is 0.507. The predicted molar refractivity (Wildman–Crippen MR) is 103 cm³/mol. The number of alkyl halides is 1. The highest BCUT2D eigenvalue weighted by Gasteiger charge is 2.10. The summed E-state index contributed by atoms with van der Waals surface area (Å²) in [6, 6.07) is 9.59. The molecule has 1 aliphatic rings. The molecule has 1 saturated heterocycles. The summed E-state index contributed by atoms with van der Waals surface area (Å²) < 4.78 is 13.8. The fraction of sp³-hybridized carbons (Fsp3) is 0.211. The molecule has 0 spiro atoms. The molecule has 5 heterocycles. The number of aromatic nitrogens is 5. The number of imidazole rings is 2. The first kappa shape index (κ1) is 17.2. The van der Waals surface area contributed by atoms with Crippen molar-refractivity contribution in [1.82, 2.24) is 29.7 Å². The molecular formula is C19H20FN7. The van der Waals surface area contributed by atoms with Crippen LogP contribution in [0, 0.1) is 0 Å². The smallest absolute Gasteiger partial charge is 0.137 e. The number of H-pyrrole nitrogens is 1. The number of rotatable bonds is 2. The number of nitrogen functional groups attached to an aromatic ring is 1. The molecule has 0 aliphatic carbocycles. The number of pyridine rings is 2. The minimum atomic E-state index is -0.565. The molecule has 1 atom stereocenters. The van der Waals surface area contributed by atoms with Crippen LogP contribution in [0.1, 0.15) is 6.42 Å². The molecule has 5 rings (SSSR count). The van der Waals surface area contributed by atoms with Crippen LogP contribution in [0.15, 0.2) is 55.2 Å². The Hall–Kier alpha value is -3.26. The van der Waals surface area contributed by atoms with E-state index >= 15 is 0 Å². The van der Waals surface area contributed by atoms with Crippen molar-refractivity contribution in [2.45, 2.75) is 12.6 Å². The van der Waals surface area contributed by atoms with Gasteiger partial charge in [-0.3, -0.25) is 4.40 Å². The molecule has 0 bridgehead atoms. The van der Waals surface area contributed by atoms with E-state index in [1.54, 1.807) is 24.8 Å². The van der Waals surface area contributed by atoms with Gasteiger partial charge in [0.1, 0.15) is 17.6 Å². The largest absolute Gasteiger partial charge is 0.384 e. The molecule has 7 nitrogen and oxygen atoms in total. The SMILES string of the molecule is FC1CCNC1.Nc1cccc(-c2cnc3cc(-c4cnc[nH]4)ccn23)n1. The Morgan fingerprint density at radius 3 is 2.81 bits per heavy atom. The van der Waals surface area contributed by atoms with Gasteiger partial charge < -0.3 is 16.0 Å². The molecule has 0 radical (unpaired) electrons. The zero-order valence-electron chi connectivity index (χ0n) is 14.6. The Morgan fingerprint density at radius 2 is 2.15 bits per heavy atom. The van der Waals surface area contributed by atoms with Crippen molar-refractivity contribution in [3.63, 3.8) is 0 Å². The first-order valence-electron chi connectivity index (χ1n) is 8.74. The third kappa shape index (κ3) is 3.80. The molecule has 138 valence electrons. The van der Waals surface area contributed by atoms with Gasteiger partial charge in [0.05, 0.1) is 35.8 Å². The van der Waals surface area contributed by atoms with Crippen LogP contribution in [0.3, 0.4) is 0 Å². The average molecular weight is 365 g/mol. The zero-order valence-corrected chi connectivity index (χ0v) is 14.6. The van der Waals surface area contributed by atoms with Gasteiger partial charge in [-0.05, 0) is 37.2 Å². The Morgan fingerprint density at radius 1 is 1.22 bits per heavy atom. The average Bonchev–Trinajstić information content (AvgIpc) is 3.43. The molecule has 1 unspecified atom stereocenters. The van der Waals surface area contributed by atoms with E-state index in [1.165, 1.54) is 0 Å². The minimum absolute atomic E-state index is 0.497. The van der Waals surface area contributed by atoms with Crippen LogP contribution in [-0.4, -0.2) is 43.6 Å². The number of hydrogen-bond donors (Lipinski definition) is 3. The second-order valence-electron chi connectivity index (χ2n) is 6.29. The molecule has 4 aromatic rings. The summed E-state index contributed by atoms with van der Waals surface area (Å²) in [4.78, 5) is 15.9. The monoisotopic (exact) mass is 365 g/mol. The highest BCUT2D eigenvalue weighted by atomic mass is 19.1. The van der Waals surface area contributed by atoms with Crippen molar-refractivity contribution in [2.75, 3.05) is 18.8 Å². The van der Waals surface area contributed by atoms with Crippen molar-refractivity contribution in [3.8, 4) is 22.6 Å². The molecule has 4 aromatic heterocycles. The standard InChI is InChI=1S/C15H12N6.C4H8FN/c16-14-3-1-2-11(20-14)13-8-18-15-6-10(4-5-21(13)15)12-7-17-9-19-12;5-4-1-2-6-3-4/h1-9H,(H2,16,20)(H,17,19);4,6H,1-3H2. The van der Waals surface area contributed by atoms with Crippen molar-refractivity contribution in [3.05, 3.63) is 55.2 Å². The van der Waals surface area contributed by atoms with Crippen LogP contribution in [0.25, 0.3) is 28.3 Å². The highest BCUT2D eigenvalue weighted by Crippen LogP contribution is 2.23. The number of hydrogen-bond acceptors (Lipinski definition) is 5. The summed E-state index contributed by atoms with van der Waals surface area (Å²) in [5.74, 6) is 0.497. The van der Waals surface area contributed by atoms with E-state index in [1.807, 2.05) is 34.9 Å². The van der Waals surface area contributed by atoms with Crippen LogP contribution >= 0.6 is 0 Å². The summed E-state index contributed by atoms with van der Waals surface area (Å²) in [7, 11) is 0. The normalized spacial score (nSPS) is 16.3. The Balaban J connectivity index is 0.000000257. The molecule has 1 aliphatic heterocycles. The van der Waals surface area contributed by atoms with E-state index < -0.39 is 6.17 Å². The molecule has 4 N–H and O–H groups in total. The summed E-state index contributed by atoms with van der Waals surface area (Å²) in [5.41, 5.74) is 10.3. The van der Waals surface area contributed by atoms with Gasteiger partial charge in [-0.15, -0.1) is 0 Å². The van der Waals surface area contributed by atoms with Gasteiger partial charge in [0.2, 0.25) is 0 Å². The number of halogens is 1. The lowest BCUT2D eigenvalue weighted by molar-refractivity contribution is 0.361. The van der Waals surface area contributed by atoms with Gasteiger partial charge in [-0.25, -0.2) is 19.3 Å². The van der Waals surface area contributed by atoms with E-state index in [2.05, 4.69) is 25.3 Å². The van der Waals surface area contributed by atoms with Crippen LogP contribution in [-0.2, 0) is 0 Å². The van der Waals surface area contributed by atoms with Crippen LogP contribution in [0.5, 0.6) is 0 Å². The van der Waals surface area contributed by atoms with Crippen LogP contribution in [0.4, 0.5) is 10.2 Å². The van der Waals surface area contributed by atoms with Gasteiger partial charge >= 0.3 is 0 Å². The number of anilines is 1. The second kappa shape index (κ2) is 7.55. The number of nitrogens with two attached hydrogens (primary N) is 1. The Labute approximate surface area is 155 Å². The maximum Gasteiger partial charge on any atom is 0.137 e.